The predicted octanol–water partition coefficient (Wildman–Crippen LogP) is -0.607. The molecule has 2 atom stereocenters. The molecule has 120 valence electrons. The molecule has 8 heteroatoms. The molecule has 1 aliphatic heterocycles. The number of β-amino-alcohol motifs (C(OH)–C–C–N with tert-alkyl or cyclic N) is 1. The van der Waals surface area contributed by atoms with Gasteiger partial charge in [-0.1, -0.05) is 6.92 Å². The Labute approximate surface area is 126 Å². The molecule has 1 saturated heterocycles. The molecule has 20 heavy (non-hydrogen) atoms. The largest absolute Gasteiger partial charge is 0.390 e. The van der Waals surface area contributed by atoms with Gasteiger partial charge in [0.05, 0.1) is 12.7 Å². The molecular formula is C12H26N2O4S2. The summed E-state index contributed by atoms with van der Waals surface area (Å²) >= 11 is 1.67. The lowest BCUT2D eigenvalue weighted by Gasteiger charge is -2.35. The third kappa shape index (κ3) is 5.87. The number of thioether (sulfide) groups is 1. The van der Waals surface area contributed by atoms with Gasteiger partial charge in [0.2, 0.25) is 0 Å². The van der Waals surface area contributed by atoms with Gasteiger partial charge in [0.1, 0.15) is 5.37 Å². The Balaban J connectivity index is 2.46. The van der Waals surface area contributed by atoms with Crippen molar-refractivity contribution in [3.63, 3.8) is 0 Å². The Morgan fingerprint density at radius 1 is 1.55 bits per heavy atom. The number of nitrogens with zero attached hydrogens (tertiary/aromatic N) is 1. The first-order chi connectivity index (χ1) is 9.51. The summed E-state index contributed by atoms with van der Waals surface area (Å²) in [7, 11) is -1.46. The summed E-state index contributed by atoms with van der Waals surface area (Å²) in [6, 6.07) is 0. The Kier molecular flexibility index (Phi) is 8.38. The van der Waals surface area contributed by atoms with Crippen LogP contribution in [-0.2, 0) is 14.6 Å². The fourth-order valence-electron chi connectivity index (χ4n) is 2.13. The highest BCUT2D eigenvalue weighted by Gasteiger charge is 2.33. The molecule has 0 spiro atoms. The van der Waals surface area contributed by atoms with E-state index in [2.05, 4.69) is 5.32 Å². The molecule has 0 aliphatic carbocycles. The molecule has 0 saturated carbocycles. The summed E-state index contributed by atoms with van der Waals surface area (Å²) in [4.78, 5) is 1.90. The zero-order valence-corrected chi connectivity index (χ0v) is 13.9. The second-order valence-electron chi connectivity index (χ2n) is 4.83. The van der Waals surface area contributed by atoms with Gasteiger partial charge in [-0.15, -0.1) is 0 Å². The second-order valence-corrected chi connectivity index (χ2v) is 8.42. The van der Waals surface area contributed by atoms with E-state index in [-0.39, 0.29) is 5.75 Å². The fraction of sp³-hybridized carbons (Fsp3) is 1.00. The summed E-state index contributed by atoms with van der Waals surface area (Å²) in [5.74, 6) is 1.66. The molecule has 0 bridgehead atoms. The van der Waals surface area contributed by atoms with Gasteiger partial charge < -0.3 is 15.2 Å². The fourth-order valence-corrected chi connectivity index (χ4v) is 5.22. The average Bonchev–Trinajstić information content (AvgIpc) is 2.44. The van der Waals surface area contributed by atoms with Crippen LogP contribution >= 0.6 is 11.8 Å². The molecule has 0 aromatic carbocycles. The molecule has 1 aliphatic rings. The minimum atomic E-state index is -3.09. The summed E-state index contributed by atoms with van der Waals surface area (Å²) in [6.07, 6.45) is -0.565. The lowest BCUT2D eigenvalue weighted by molar-refractivity contribution is 0.106. The lowest BCUT2D eigenvalue weighted by Crippen LogP contribution is -2.51. The van der Waals surface area contributed by atoms with Crippen molar-refractivity contribution < 1.29 is 18.3 Å². The topological polar surface area (TPSA) is 78.9 Å². The quantitative estimate of drug-likeness (QED) is 0.547. The van der Waals surface area contributed by atoms with Crippen LogP contribution in [-0.4, -0.2) is 87.1 Å². The Morgan fingerprint density at radius 3 is 2.95 bits per heavy atom. The number of nitrogens with one attached hydrogen (secondary N) is 1. The van der Waals surface area contributed by atoms with Crippen molar-refractivity contribution >= 4 is 21.6 Å². The molecule has 6 nitrogen and oxygen atoms in total. The van der Waals surface area contributed by atoms with Gasteiger partial charge in [0.25, 0.3) is 0 Å². The van der Waals surface area contributed by atoms with Crippen LogP contribution in [0.1, 0.15) is 6.92 Å². The molecule has 2 N–H and O–H groups in total. The van der Waals surface area contributed by atoms with E-state index >= 15 is 0 Å². The zero-order chi connectivity index (χ0) is 15.0. The maximum atomic E-state index is 12.1. The van der Waals surface area contributed by atoms with E-state index in [1.165, 1.54) is 0 Å². The van der Waals surface area contributed by atoms with Crippen molar-refractivity contribution in [1.29, 1.82) is 0 Å². The number of methoxy groups -OCH3 is 1. The molecular weight excluding hydrogens is 300 g/mol. The van der Waals surface area contributed by atoms with Crippen LogP contribution in [0.4, 0.5) is 0 Å². The minimum Gasteiger partial charge on any atom is -0.390 e. The van der Waals surface area contributed by atoms with Crippen LogP contribution in [0, 0.1) is 0 Å². The van der Waals surface area contributed by atoms with Gasteiger partial charge in [-0.3, -0.25) is 4.90 Å². The molecule has 0 radical (unpaired) electrons. The van der Waals surface area contributed by atoms with E-state index in [0.29, 0.717) is 38.5 Å². The summed E-state index contributed by atoms with van der Waals surface area (Å²) in [5, 5.41) is 12.6. The van der Waals surface area contributed by atoms with Crippen molar-refractivity contribution in [2.75, 3.05) is 57.2 Å². The van der Waals surface area contributed by atoms with Crippen molar-refractivity contribution in [1.82, 2.24) is 10.2 Å². The molecule has 0 amide bonds. The number of sulfone groups is 1. The third-order valence-electron chi connectivity index (χ3n) is 3.32. The maximum absolute atomic E-state index is 12.1. The highest BCUT2D eigenvalue weighted by atomic mass is 32.2. The van der Waals surface area contributed by atoms with Crippen molar-refractivity contribution in [3.05, 3.63) is 0 Å². The minimum absolute atomic E-state index is 0.150. The summed E-state index contributed by atoms with van der Waals surface area (Å²) in [5.41, 5.74) is 0. The van der Waals surface area contributed by atoms with E-state index in [9.17, 15) is 13.5 Å². The summed E-state index contributed by atoms with van der Waals surface area (Å²) in [6.45, 7) is 4.51. The smallest absolute Gasteiger partial charge is 0.166 e. The van der Waals surface area contributed by atoms with Gasteiger partial charge >= 0.3 is 0 Å². The summed E-state index contributed by atoms with van der Waals surface area (Å²) < 4.78 is 29.1. The number of rotatable bonds is 9. The predicted molar refractivity (Wildman–Crippen MR) is 82.9 cm³/mol. The first-order valence-corrected chi connectivity index (χ1v) is 9.79. The lowest BCUT2D eigenvalue weighted by atomic mass is 10.3. The van der Waals surface area contributed by atoms with Crippen molar-refractivity contribution in [2.45, 2.75) is 18.4 Å². The van der Waals surface area contributed by atoms with Crippen LogP contribution in [0.25, 0.3) is 0 Å². The number of hydrogen-bond donors (Lipinski definition) is 2. The van der Waals surface area contributed by atoms with Gasteiger partial charge in [0.15, 0.2) is 9.84 Å². The van der Waals surface area contributed by atoms with Crippen LogP contribution in [0.3, 0.4) is 0 Å². The Bertz CT molecular complexity index is 364. The molecule has 2 unspecified atom stereocenters. The standard InChI is InChI=1S/C12H26N2O4S2/c1-3-20(16,17)12-10-19-7-5-14(12)9-11(15)8-13-4-6-18-2/h11-13,15H,3-10H2,1-2H3. The van der Waals surface area contributed by atoms with Crippen LogP contribution in [0.5, 0.6) is 0 Å². The van der Waals surface area contributed by atoms with Gasteiger partial charge in [-0.05, 0) is 0 Å². The first-order valence-electron chi connectivity index (χ1n) is 6.92. The van der Waals surface area contributed by atoms with E-state index in [1.807, 2.05) is 4.90 Å². The average molecular weight is 326 g/mol. The number of ether oxygens (including phenoxy) is 1. The van der Waals surface area contributed by atoms with Crippen molar-refractivity contribution in [2.24, 2.45) is 0 Å². The Morgan fingerprint density at radius 2 is 2.30 bits per heavy atom. The highest BCUT2D eigenvalue weighted by Crippen LogP contribution is 2.21. The second kappa shape index (κ2) is 9.22. The monoisotopic (exact) mass is 326 g/mol. The van der Waals surface area contributed by atoms with E-state index in [1.54, 1.807) is 25.8 Å². The maximum Gasteiger partial charge on any atom is 0.166 e. The molecule has 1 fully saturated rings. The van der Waals surface area contributed by atoms with Crippen LogP contribution < -0.4 is 5.32 Å². The van der Waals surface area contributed by atoms with E-state index < -0.39 is 21.3 Å². The molecule has 1 rings (SSSR count). The molecule has 0 aromatic heterocycles. The third-order valence-corrected chi connectivity index (χ3v) is 6.65. The molecule has 1 heterocycles. The van der Waals surface area contributed by atoms with Gasteiger partial charge in [0, 0.05) is 50.5 Å². The van der Waals surface area contributed by atoms with Crippen LogP contribution in [0.15, 0.2) is 0 Å². The Hall–Kier alpha value is 0.140. The van der Waals surface area contributed by atoms with Gasteiger partial charge in [-0.2, -0.15) is 11.8 Å². The normalized spacial score (nSPS) is 22.9. The van der Waals surface area contributed by atoms with Gasteiger partial charge in [-0.25, -0.2) is 8.42 Å². The highest BCUT2D eigenvalue weighted by molar-refractivity contribution is 8.01. The number of hydrogen-bond acceptors (Lipinski definition) is 7. The van der Waals surface area contributed by atoms with Crippen molar-refractivity contribution in [3.8, 4) is 0 Å². The number of aliphatic hydroxyl groups excluding tert-OH is 1. The van der Waals surface area contributed by atoms with Crippen LogP contribution in [0.2, 0.25) is 0 Å². The van der Waals surface area contributed by atoms with E-state index in [4.69, 9.17) is 4.74 Å². The number of aliphatic hydroxyl groups is 1. The SMILES string of the molecule is CCS(=O)(=O)C1CSCCN1CC(O)CNCCOC. The first kappa shape index (κ1) is 18.2. The zero-order valence-electron chi connectivity index (χ0n) is 12.2. The van der Waals surface area contributed by atoms with E-state index in [0.717, 1.165) is 5.75 Å². The molecule has 0 aromatic rings.